The number of nitrogens with zero attached hydrogens (tertiary/aromatic N) is 1. The number of benzene rings is 1. The van der Waals surface area contributed by atoms with Gasteiger partial charge in [-0.2, -0.15) is 4.31 Å². The minimum atomic E-state index is -3.47. The minimum absolute atomic E-state index is 0.0598. The quantitative estimate of drug-likeness (QED) is 0.721. The molecule has 0 spiro atoms. The lowest BCUT2D eigenvalue weighted by atomic mass is 10.1. The summed E-state index contributed by atoms with van der Waals surface area (Å²) < 4.78 is 31.1. The van der Waals surface area contributed by atoms with E-state index in [1.165, 1.54) is 11.4 Å². The first-order chi connectivity index (χ1) is 9.41. The number of methoxy groups -OCH3 is 1. The first kappa shape index (κ1) is 16.7. The van der Waals surface area contributed by atoms with Crippen molar-refractivity contribution in [2.24, 2.45) is 0 Å². The van der Waals surface area contributed by atoms with E-state index < -0.39 is 15.3 Å². The van der Waals surface area contributed by atoms with E-state index in [9.17, 15) is 8.42 Å². The SMILES string of the molecule is C#CCN(Cc1ccc(C)cc1)S(=O)(=O)C(C)COC. The molecular formula is C15H21NO3S. The number of ether oxygens (including phenoxy) is 1. The van der Waals surface area contributed by atoms with Crippen LogP contribution >= 0.6 is 0 Å². The van der Waals surface area contributed by atoms with Gasteiger partial charge in [0.2, 0.25) is 10.0 Å². The molecule has 0 amide bonds. The molecule has 0 saturated carbocycles. The molecular weight excluding hydrogens is 274 g/mol. The van der Waals surface area contributed by atoms with Gasteiger partial charge in [0.05, 0.1) is 18.4 Å². The summed E-state index contributed by atoms with van der Waals surface area (Å²) >= 11 is 0. The van der Waals surface area contributed by atoms with Gasteiger partial charge < -0.3 is 4.74 Å². The Hall–Kier alpha value is -1.35. The molecule has 0 aliphatic heterocycles. The van der Waals surface area contributed by atoms with E-state index in [1.54, 1.807) is 6.92 Å². The summed E-state index contributed by atoms with van der Waals surface area (Å²) in [6.45, 7) is 4.10. The molecule has 1 rings (SSSR count). The Balaban J connectivity index is 2.94. The average Bonchev–Trinajstić information content (AvgIpc) is 2.41. The Morgan fingerprint density at radius 3 is 2.45 bits per heavy atom. The molecule has 1 aromatic rings. The van der Waals surface area contributed by atoms with E-state index in [4.69, 9.17) is 11.2 Å². The highest BCUT2D eigenvalue weighted by Gasteiger charge is 2.28. The molecule has 0 saturated heterocycles. The van der Waals surface area contributed by atoms with Gasteiger partial charge in [-0.1, -0.05) is 35.7 Å². The van der Waals surface area contributed by atoms with Crippen LogP contribution in [0, 0.1) is 19.3 Å². The van der Waals surface area contributed by atoms with E-state index in [0.29, 0.717) is 0 Å². The molecule has 20 heavy (non-hydrogen) atoms. The van der Waals surface area contributed by atoms with Crippen LogP contribution in [0.4, 0.5) is 0 Å². The van der Waals surface area contributed by atoms with Crippen LogP contribution in [-0.2, 0) is 21.3 Å². The van der Waals surface area contributed by atoms with Crippen LogP contribution in [-0.4, -0.2) is 38.2 Å². The van der Waals surface area contributed by atoms with Crippen molar-refractivity contribution < 1.29 is 13.2 Å². The molecule has 0 N–H and O–H groups in total. The average molecular weight is 295 g/mol. The lowest BCUT2D eigenvalue weighted by Crippen LogP contribution is -2.39. The van der Waals surface area contributed by atoms with Crippen LogP contribution in [0.25, 0.3) is 0 Å². The number of hydrogen-bond donors (Lipinski definition) is 0. The summed E-state index contributed by atoms with van der Waals surface area (Å²) in [5.41, 5.74) is 2.05. The monoisotopic (exact) mass is 295 g/mol. The summed E-state index contributed by atoms with van der Waals surface area (Å²) in [4.78, 5) is 0. The third-order valence-corrected chi connectivity index (χ3v) is 5.15. The zero-order valence-electron chi connectivity index (χ0n) is 12.2. The number of aryl methyl sites for hydroxylation is 1. The maximum absolute atomic E-state index is 12.4. The minimum Gasteiger partial charge on any atom is -0.383 e. The Bertz CT molecular complexity index is 558. The Morgan fingerprint density at radius 2 is 1.95 bits per heavy atom. The van der Waals surface area contributed by atoms with Crippen LogP contribution in [0.1, 0.15) is 18.1 Å². The zero-order valence-corrected chi connectivity index (χ0v) is 13.0. The molecule has 0 heterocycles. The predicted octanol–water partition coefficient (Wildman–Crippen LogP) is 1.79. The third-order valence-electron chi connectivity index (χ3n) is 3.02. The Kier molecular flexibility index (Phi) is 6.21. The molecule has 0 aromatic heterocycles. The standard InChI is InChI=1S/C15H21NO3S/c1-5-10-16(20(17,18)14(3)12-19-4)11-15-8-6-13(2)7-9-15/h1,6-9,14H,10-12H2,2-4H3. The van der Waals surface area contributed by atoms with Gasteiger partial charge in [-0.3, -0.25) is 0 Å². The topological polar surface area (TPSA) is 46.6 Å². The van der Waals surface area contributed by atoms with Crippen molar-refractivity contribution in [2.45, 2.75) is 25.6 Å². The second-order valence-electron chi connectivity index (χ2n) is 4.77. The smallest absolute Gasteiger partial charge is 0.220 e. The van der Waals surface area contributed by atoms with E-state index in [0.717, 1.165) is 11.1 Å². The molecule has 1 unspecified atom stereocenters. The van der Waals surface area contributed by atoms with Gasteiger partial charge in [0.15, 0.2) is 0 Å². The van der Waals surface area contributed by atoms with Crippen molar-refractivity contribution in [2.75, 3.05) is 20.3 Å². The maximum atomic E-state index is 12.4. The number of hydrogen-bond acceptors (Lipinski definition) is 3. The molecule has 0 bridgehead atoms. The summed E-state index contributed by atoms with van der Waals surface area (Å²) in [7, 11) is -1.98. The number of sulfonamides is 1. The number of rotatable bonds is 7. The van der Waals surface area contributed by atoms with Crippen molar-refractivity contribution >= 4 is 10.0 Å². The fourth-order valence-corrected chi connectivity index (χ4v) is 3.21. The van der Waals surface area contributed by atoms with Crippen molar-refractivity contribution in [1.29, 1.82) is 0 Å². The van der Waals surface area contributed by atoms with Gasteiger partial charge in [-0.05, 0) is 19.4 Å². The first-order valence-corrected chi connectivity index (χ1v) is 7.89. The molecule has 1 atom stereocenters. The summed E-state index contributed by atoms with van der Waals surface area (Å²) in [6, 6.07) is 7.73. The highest BCUT2D eigenvalue weighted by Crippen LogP contribution is 2.14. The second kappa shape index (κ2) is 7.44. The van der Waals surface area contributed by atoms with Crippen LogP contribution in [0.15, 0.2) is 24.3 Å². The first-order valence-electron chi connectivity index (χ1n) is 6.38. The molecule has 0 aliphatic rings. The fourth-order valence-electron chi connectivity index (χ4n) is 1.81. The third kappa shape index (κ3) is 4.34. The molecule has 4 nitrogen and oxygen atoms in total. The maximum Gasteiger partial charge on any atom is 0.220 e. The van der Waals surface area contributed by atoms with Crippen LogP contribution in [0.5, 0.6) is 0 Å². The summed E-state index contributed by atoms with van der Waals surface area (Å²) in [6.07, 6.45) is 5.29. The van der Waals surface area contributed by atoms with E-state index in [-0.39, 0.29) is 19.7 Å². The van der Waals surface area contributed by atoms with E-state index in [1.807, 2.05) is 31.2 Å². The Morgan fingerprint density at radius 1 is 1.35 bits per heavy atom. The highest BCUT2D eigenvalue weighted by molar-refractivity contribution is 7.89. The van der Waals surface area contributed by atoms with Crippen molar-refractivity contribution in [3.63, 3.8) is 0 Å². The Labute approximate surface area is 121 Å². The largest absolute Gasteiger partial charge is 0.383 e. The van der Waals surface area contributed by atoms with Crippen LogP contribution in [0.3, 0.4) is 0 Å². The molecule has 0 aliphatic carbocycles. The van der Waals surface area contributed by atoms with Gasteiger partial charge >= 0.3 is 0 Å². The van der Waals surface area contributed by atoms with Crippen molar-refractivity contribution in [3.05, 3.63) is 35.4 Å². The van der Waals surface area contributed by atoms with Gasteiger partial charge in [-0.15, -0.1) is 6.42 Å². The summed E-state index contributed by atoms with van der Waals surface area (Å²) in [5.74, 6) is 2.41. The highest BCUT2D eigenvalue weighted by atomic mass is 32.2. The lowest BCUT2D eigenvalue weighted by molar-refractivity contribution is 0.198. The van der Waals surface area contributed by atoms with Gasteiger partial charge in [-0.25, -0.2) is 8.42 Å². The van der Waals surface area contributed by atoms with Crippen LogP contribution < -0.4 is 0 Å². The van der Waals surface area contributed by atoms with Gasteiger partial charge in [0.25, 0.3) is 0 Å². The fraction of sp³-hybridized carbons (Fsp3) is 0.467. The van der Waals surface area contributed by atoms with Crippen molar-refractivity contribution in [1.82, 2.24) is 4.31 Å². The molecule has 0 radical (unpaired) electrons. The van der Waals surface area contributed by atoms with Gasteiger partial charge in [0.1, 0.15) is 0 Å². The second-order valence-corrected chi connectivity index (χ2v) is 7.12. The predicted molar refractivity (Wildman–Crippen MR) is 80.7 cm³/mol. The molecule has 110 valence electrons. The van der Waals surface area contributed by atoms with E-state index >= 15 is 0 Å². The van der Waals surface area contributed by atoms with Crippen molar-refractivity contribution in [3.8, 4) is 12.3 Å². The normalized spacial score (nSPS) is 13.2. The van der Waals surface area contributed by atoms with E-state index in [2.05, 4.69) is 5.92 Å². The molecule has 0 fully saturated rings. The molecule has 1 aromatic carbocycles. The zero-order chi connectivity index (χ0) is 15.2. The van der Waals surface area contributed by atoms with Crippen LogP contribution in [0.2, 0.25) is 0 Å². The number of terminal acetylenes is 1. The van der Waals surface area contributed by atoms with Gasteiger partial charge in [0, 0.05) is 13.7 Å². The lowest BCUT2D eigenvalue weighted by Gasteiger charge is -2.23. The summed E-state index contributed by atoms with van der Waals surface area (Å²) in [5, 5.41) is -0.619. The molecule has 5 heteroatoms.